The van der Waals surface area contributed by atoms with Crippen molar-refractivity contribution in [3.05, 3.63) is 54.1 Å². The molecule has 2 aliphatic carbocycles. The summed E-state index contributed by atoms with van der Waals surface area (Å²) in [6, 6.07) is 13.6. The van der Waals surface area contributed by atoms with Crippen LogP contribution < -0.4 is 20.3 Å². The van der Waals surface area contributed by atoms with Gasteiger partial charge in [0, 0.05) is 37.7 Å². The summed E-state index contributed by atoms with van der Waals surface area (Å²) in [6.45, 7) is 5.37. The van der Waals surface area contributed by atoms with Crippen molar-refractivity contribution in [3.8, 4) is 0 Å². The minimum absolute atomic E-state index is 0.0399. The molecule has 0 saturated heterocycles. The van der Waals surface area contributed by atoms with E-state index in [0.29, 0.717) is 17.5 Å². The molecule has 43 heavy (non-hydrogen) atoms. The molecule has 2 aromatic carbocycles. The lowest BCUT2D eigenvalue weighted by Crippen LogP contribution is -2.45. The molecule has 0 spiro atoms. The quantitative estimate of drug-likeness (QED) is 0.239. The third kappa shape index (κ3) is 9.71. The van der Waals surface area contributed by atoms with E-state index >= 15 is 0 Å². The molecule has 2 amide bonds. The number of amides is 2. The first-order chi connectivity index (χ1) is 20.6. The minimum Gasteiger partial charge on any atom is -0.381 e. The Balaban J connectivity index is 1.52. The third-order valence-electron chi connectivity index (χ3n) is 8.92. The lowest BCUT2D eigenvalue weighted by molar-refractivity contribution is -0.120. The average molecular weight is 611 g/mol. The summed E-state index contributed by atoms with van der Waals surface area (Å²) in [6.07, 6.45) is 11.9. The van der Waals surface area contributed by atoms with Crippen molar-refractivity contribution < 1.29 is 18.0 Å². The number of carbonyl (C=O) groups is 2. The van der Waals surface area contributed by atoms with Crippen molar-refractivity contribution in [1.82, 2.24) is 10.0 Å². The van der Waals surface area contributed by atoms with E-state index in [2.05, 4.69) is 41.2 Å². The highest BCUT2D eigenvalue weighted by molar-refractivity contribution is 7.90. The Morgan fingerprint density at radius 1 is 0.907 bits per heavy atom. The molecule has 8 nitrogen and oxygen atoms in total. The zero-order valence-electron chi connectivity index (χ0n) is 26.1. The van der Waals surface area contributed by atoms with Crippen LogP contribution in [0.1, 0.15) is 101 Å². The molecule has 0 radical (unpaired) electrons. The van der Waals surface area contributed by atoms with Gasteiger partial charge in [0.1, 0.15) is 0 Å². The summed E-state index contributed by atoms with van der Waals surface area (Å²) in [5.41, 5.74) is 2.58. The Morgan fingerprint density at radius 3 is 2.21 bits per heavy atom. The van der Waals surface area contributed by atoms with Gasteiger partial charge in [0.2, 0.25) is 5.91 Å². The van der Waals surface area contributed by atoms with Gasteiger partial charge in [-0.05, 0) is 74.3 Å². The molecular formula is C34H50N4O4S. The number of anilines is 2. The smallest absolute Gasteiger partial charge is 0.264 e. The van der Waals surface area contributed by atoms with E-state index in [4.69, 9.17) is 0 Å². The van der Waals surface area contributed by atoms with Gasteiger partial charge in [-0.15, -0.1) is 0 Å². The second-order valence-corrected chi connectivity index (χ2v) is 14.5. The van der Waals surface area contributed by atoms with Gasteiger partial charge < -0.3 is 15.5 Å². The zero-order chi connectivity index (χ0) is 30.8. The summed E-state index contributed by atoms with van der Waals surface area (Å²) < 4.78 is 27.8. The van der Waals surface area contributed by atoms with Crippen LogP contribution in [0.15, 0.2) is 53.4 Å². The molecule has 1 atom stereocenters. The van der Waals surface area contributed by atoms with Gasteiger partial charge in [0.25, 0.3) is 15.9 Å². The number of carbonyl (C=O) groups excluding carboxylic acids is 2. The van der Waals surface area contributed by atoms with Crippen LogP contribution in [0.2, 0.25) is 0 Å². The number of benzene rings is 2. The molecule has 0 aliphatic heterocycles. The minimum atomic E-state index is -3.98. The fourth-order valence-electron chi connectivity index (χ4n) is 6.34. The number of nitrogens with one attached hydrogen (secondary N) is 3. The van der Waals surface area contributed by atoms with Gasteiger partial charge in [-0.1, -0.05) is 70.6 Å². The van der Waals surface area contributed by atoms with Gasteiger partial charge in [-0.25, -0.2) is 13.1 Å². The molecule has 0 heterocycles. The molecule has 9 heteroatoms. The lowest BCUT2D eigenvalue weighted by atomic mass is 9.82. The summed E-state index contributed by atoms with van der Waals surface area (Å²) in [4.78, 5) is 29.1. The molecule has 2 aliphatic rings. The summed E-state index contributed by atoms with van der Waals surface area (Å²) in [5.74, 6) is -0.137. The molecule has 0 aromatic heterocycles. The Hall–Kier alpha value is -3.07. The fraction of sp³-hybridized carbons (Fsp3) is 0.588. The molecule has 236 valence electrons. The highest BCUT2D eigenvalue weighted by Gasteiger charge is 2.29. The van der Waals surface area contributed by atoms with Gasteiger partial charge in [-0.2, -0.15) is 0 Å². The van der Waals surface area contributed by atoms with Crippen LogP contribution in [0.25, 0.3) is 0 Å². The number of rotatable bonds is 13. The Labute approximate surface area is 258 Å². The maximum absolute atomic E-state index is 13.7. The number of nitrogens with zero attached hydrogens (tertiary/aromatic N) is 1. The van der Waals surface area contributed by atoms with Gasteiger partial charge in [0.05, 0.1) is 16.3 Å². The van der Waals surface area contributed by atoms with E-state index in [0.717, 1.165) is 69.3 Å². The first-order valence-electron chi connectivity index (χ1n) is 16.2. The van der Waals surface area contributed by atoms with Gasteiger partial charge in [0.15, 0.2) is 0 Å². The monoisotopic (exact) mass is 610 g/mol. The topological polar surface area (TPSA) is 108 Å². The highest BCUT2D eigenvalue weighted by atomic mass is 32.2. The average Bonchev–Trinajstić information content (AvgIpc) is 3.00. The zero-order valence-corrected chi connectivity index (χ0v) is 26.9. The van der Waals surface area contributed by atoms with Crippen LogP contribution in [0.3, 0.4) is 0 Å². The molecule has 1 unspecified atom stereocenters. The first kappa shape index (κ1) is 32.8. The number of hydrogen-bond donors (Lipinski definition) is 3. The number of hydrogen-bond acceptors (Lipinski definition) is 6. The molecule has 2 aromatic rings. The Kier molecular flexibility index (Phi) is 11.9. The standard InChI is InChI=1S/C34H50N4O4S/c1-25(2)21-22-38(3)32-20-19-27(23-31(32)35-28-15-9-5-10-16-28)34(40)36-30(26-13-7-4-8-14-26)24-33(39)37-43(41,42)29-17-11-6-12-18-29/h6,11-12,17-20,23,25-26,28,30,35H,4-5,7-10,13-16,21-22,24H2,1-3H3,(H,36,40)(H,37,39). The summed E-state index contributed by atoms with van der Waals surface area (Å²) in [7, 11) is -1.88. The largest absolute Gasteiger partial charge is 0.381 e. The maximum Gasteiger partial charge on any atom is 0.264 e. The normalized spacial score (nSPS) is 17.3. The van der Waals surface area contributed by atoms with Crippen LogP contribution in [0.4, 0.5) is 11.4 Å². The predicted octanol–water partition coefficient (Wildman–Crippen LogP) is 6.49. The van der Waals surface area contributed by atoms with E-state index in [1.165, 1.54) is 31.4 Å². The second-order valence-electron chi connectivity index (χ2n) is 12.8. The van der Waals surface area contributed by atoms with E-state index in [1.807, 2.05) is 18.2 Å². The van der Waals surface area contributed by atoms with Crippen molar-refractivity contribution in [2.75, 3.05) is 23.8 Å². The molecule has 4 rings (SSSR count). The van der Waals surface area contributed by atoms with Crippen LogP contribution >= 0.6 is 0 Å². The van der Waals surface area contributed by atoms with Crippen LogP contribution in [0, 0.1) is 11.8 Å². The van der Waals surface area contributed by atoms with Crippen molar-refractivity contribution in [2.24, 2.45) is 11.8 Å². The van der Waals surface area contributed by atoms with E-state index in [1.54, 1.807) is 18.2 Å². The first-order valence-corrected chi connectivity index (χ1v) is 17.6. The molecular weight excluding hydrogens is 560 g/mol. The van der Waals surface area contributed by atoms with E-state index < -0.39 is 22.0 Å². The summed E-state index contributed by atoms with van der Waals surface area (Å²) >= 11 is 0. The van der Waals surface area contributed by atoms with Crippen molar-refractivity contribution in [1.29, 1.82) is 0 Å². The van der Waals surface area contributed by atoms with E-state index in [-0.39, 0.29) is 23.1 Å². The van der Waals surface area contributed by atoms with Crippen LogP contribution in [-0.2, 0) is 14.8 Å². The van der Waals surface area contributed by atoms with Crippen LogP contribution in [0.5, 0.6) is 0 Å². The van der Waals surface area contributed by atoms with Crippen LogP contribution in [-0.4, -0.2) is 45.9 Å². The fourth-order valence-corrected chi connectivity index (χ4v) is 7.35. The molecule has 2 saturated carbocycles. The predicted molar refractivity (Wildman–Crippen MR) is 174 cm³/mol. The van der Waals surface area contributed by atoms with E-state index in [9.17, 15) is 18.0 Å². The Morgan fingerprint density at radius 2 is 1.56 bits per heavy atom. The molecule has 2 fully saturated rings. The molecule has 3 N–H and O–H groups in total. The number of sulfonamides is 1. The second kappa shape index (κ2) is 15.6. The molecule has 0 bridgehead atoms. The lowest BCUT2D eigenvalue weighted by Gasteiger charge is -2.31. The van der Waals surface area contributed by atoms with Gasteiger partial charge in [-0.3, -0.25) is 9.59 Å². The van der Waals surface area contributed by atoms with Crippen molar-refractivity contribution >= 4 is 33.2 Å². The SMILES string of the molecule is CC(C)CCN(C)c1ccc(C(=O)NC(CC(=O)NS(=O)(=O)c2ccccc2)C2CCCCC2)cc1NC1CCCCC1. The maximum atomic E-state index is 13.7. The Bertz CT molecular complexity index is 1300. The highest BCUT2D eigenvalue weighted by Crippen LogP contribution is 2.32. The van der Waals surface area contributed by atoms with Gasteiger partial charge >= 0.3 is 0 Å². The summed E-state index contributed by atoms with van der Waals surface area (Å²) in [5, 5.41) is 6.89. The van der Waals surface area contributed by atoms with Crippen molar-refractivity contribution in [2.45, 2.75) is 108 Å². The third-order valence-corrected chi connectivity index (χ3v) is 10.3. The van der Waals surface area contributed by atoms with Crippen molar-refractivity contribution in [3.63, 3.8) is 0 Å².